The summed E-state index contributed by atoms with van der Waals surface area (Å²) in [5, 5.41) is 0. The summed E-state index contributed by atoms with van der Waals surface area (Å²) in [6, 6.07) is 5.94. The zero-order chi connectivity index (χ0) is 12.3. The molecule has 0 aliphatic carbocycles. The maximum absolute atomic E-state index is 6.20. The van der Waals surface area contributed by atoms with E-state index in [9.17, 15) is 0 Å². The number of benzene rings is 1. The Hall–Kier alpha value is -1.22. The fraction of sp³-hybridized carbons (Fsp3) is 0.571. The second-order valence-corrected chi connectivity index (χ2v) is 4.63. The molecular formula is C14H21NO2. The van der Waals surface area contributed by atoms with Crippen LogP contribution in [0.1, 0.15) is 44.2 Å². The molecule has 1 aliphatic heterocycles. The molecule has 0 radical (unpaired) electrons. The van der Waals surface area contributed by atoms with Gasteiger partial charge in [0.05, 0.1) is 7.11 Å². The van der Waals surface area contributed by atoms with Crippen molar-refractivity contribution >= 4 is 0 Å². The van der Waals surface area contributed by atoms with Gasteiger partial charge in [-0.15, -0.1) is 0 Å². The number of methoxy groups -OCH3 is 1. The predicted molar refractivity (Wildman–Crippen MR) is 68.5 cm³/mol. The molecule has 0 bridgehead atoms. The van der Waals surface area contributed by atoms with E-state index in [1.54, 1.807) is 7.11 Å². The first-order valence-electron chi connectivity index (χ1n) is 6.34. The van der Waals surface area contributed by atoms with Crippen molar-refractivity contribution in [2.24, 2.45) is 5.73 Å². The van der Waals surface area contributed by atoms with E-state index >= 15 is 0 Å². The highest BCUT2D eigenvalue weighted by Crippen LogP contribution is 2.36. The monoisotopic (exact) mass is 235 g/mol. The fourth-order valence-corrected chi connectivity index (χ4v) is 2.30. The first kappa shape index (κ1) is 12.2. The Morgan fingerprint density at radius 1 is 1.47 bits per heavy atom. The Bertz CT molecular complexity index is 378. The molecule has 0 fully saturated rings. The van der Waals surface area contributed by atoms with E-state index in [1.165, 1.54) is 12.8 Å². The molecule has 1 heterocycles. The number of nitrogens with two attached hydrogens (primary N) is 1. The third-order valence-electron chi connectivity index (χ3n) is 3.31. The number of fused-ring (bicyclic) bond motifs is 1. The first-order valence-corrected chi connectivity index (χ1v) is 6.34. The van der Waals surface area contributed by atoms with Crippen LogP contribution in [-0.4, -0.2) is 13.2 Å². The molecule has 1 aromatic rings. The Morgan fingerprint density at radius 3 is 3.00 bits per heavy atom. The second-order valence-electron chi connectivity index (χ2n) is 4.63. The number of ether oxygens (including phenoxy) is 2. The van der Waals surface area contributed by atoms with Gasteiger partial charge in [-0.1, -0.05) is 19.8 Å². The summed E-state index contributed by atoms with van der Waals surface area (Å²) in [6.45, 7) is 2.20. The van der Waals surface area contributed by atoms with Crippen molar-refractivity contribution in [3.05, 3.63) is 23.8 Å². The summed E-state index contributed by atoms with van der Waals surface area (Å²) in [7, 11) is 1.67. The molecule has 2 atom stereocenters. The van der Waals surface area contributed by atoms with Crippen molar-refractivity contribution in [3.8, 4) is 11.5 Å². The van der Waals surface area contributed by atoms with E-state index in [0.717, 1.165) is 29.9 Å². The van der Waals surface area contributed by atoms with E-state index in [2.05, 4.69) is 6.92 Å². The Morgan fingerprint density at radius 2 is 2.29 bits per heavy atom. The largest absolute Gasteiger partial charge is 0.497 e. The average Bonchev–Trinajstić information content (AvgIpc) is 2.36. The molecule has 0 aromatic heterocycles. The van der Waals surface area contributed by atoms with Crippen molar-refractivity contribution in [1.29, 1.82) is 0 Å². The molecule has 2 rings (SSSR count). The lowest BCUT2D eigenvalue weighted by molar-refractivity contribution is 0.147. The van der Waals surface area contributed by atoms with Crippen LogP contribution in [-0.2, 0) is 0 Å². The summed E-state index contributed by atoms with van der Waals surface area (Å²) in [5.74, 6) is 1.76. The summed E-state index contributed by atoms with van der Waals surface area (Å²) in [6.07, 6.45) is 4.66. The van der Waals surface area contributed by atoms with Gasteiger partial charge in [-0.05, 0) is 24.6 Å². The lowest BCUT2D eigenvalue weighted by atomic mass is 9.94. The summed E-state index contributed by atoms with van der Waals surface area (Å²) in [5.41, 5.74) is 7.26. The quantitative estimate of drug-likeness (QED) is 0.872. The van der Waals surface area contributed by atoms with E-state index in [0.29, 0.717) is 0 Å². The molecule has 0 spiro atoms. The average molecular weight is 235 g/mol. The van der Waals surface area contributed by atoms with Gasteiger partial charge in [0.15, 0.2) is 0 Å². The van der Waals surface area contributed by atoms with Crippen LogP contribution in [0.4, 0.5) is 0 Å². The number of hydrogen-bond acceptors (Lipinski definition) is 3. The van der Waals surface area contributed by atoms with Gasteiger partial charge in [0, 0.05) is 18.0 Å². The first-order chi connectivity index (χ1) is 8.24. The molecule has 1 aromatic carbocycles. The minimum absolute atomic E-state index is 0.0655. The van der Waals surface area contributed by atoms with E-state index in [1.807, 2.05) is 18.2 Å². The van der Waals surface area contributed by atoms with Crippen LogP contribution in [0.5, 0.6) is 11.5 Å². The number of hydrogen-bond donors (Lipinski definition) is 1. The van der Waals surface area contributed by atoms with Gasteiger partial charge in [0.2, 0.25) is 0 Å². The van der Waals surface area contributed by atoms with Crippen molar-refractivity contribution in [2.75, 3.05) is 7.11 Å². The topological polar surface area (TPSA) is 44.5 Å². The zero-order valence-electron chi connectivity index (χ0n) is 10.6. The summed E-state index contributed by atoms with van der Waals surface area (Å²) < 4.78 is 11.2. The molecule has 2 N–H and O–H groups in total. The van der Waals surface area contributed by atoms with Gasteiger partial charge in [0.1, 0.15) is 17.6 Å². The Balaban J connectivity index is 2.14. The lowest BCUT2D eigenvalue weighted by Gasteiger charge is -2.30. The predicted octanol–water partition coefficient (Wildman–Crippen LogP) is 3.04. The maximum Gasteiger partial charge on any atom is 0.124 e. The normalized spacial score (nSPS) is 22.8. The molecule has 1 aliphatic rings. The highest BCUT2D eigenvalue weighted by molar-refractivity contribution is 5.43. The van der Waals surface area contributed by atoms with E-state index in [4.69, 9.17) is 15.2 Å². The molecule has 0 saturated heterocycles. The van der Waals surface area contributed by atoms with Crippen LogP contribution >= 0.6 is 0 Å². The molecule has 1 unspecified atom stereocenters. The van der Waals surface area contributed by atoms with Crippen molar-refractivity contribution < 1.29 is 9.47 Å². The van der Waals surface area contributed by atoms with Gasteiger partial charge in [-0.2, -0.15) is 0 Å². The highest BCUT2D eigenvalue weighted by Gasteiger charge is 2.25. The Labute approximate surface area is 103 Å². The fourth-order valence-electron chi connectivity index (χ4n) is 2.30. The van der Waals surface area contributed by atoms with Crippen LogP contribution < -0.4 is 15.2 Å². The summed E-state index contributed by atoms with van der Waals surface area (Å²) >= 11 is 0. The third-order valence-corrected chi connectivity index (χ3v) is 3.31. The molecule has 0 saturated carbocycles. The van der Waals surface area contributed by atoms with Crippen LogP contribution in [0.25, 0.3) is 0 Å². The highest BCUT2D eigenvalue weighted by atomic mass is 16.5. The smallest absolute Gasteiger partial charge is 0.124 e. The molecule has 17 heavy (non-hydrogen) atoms. The van der Waals surface area contributed by atoms with Crippen LogP contribution in [0.2, 0.25) is 0 Å². The van der Waals surface area contributed by atoms with Crippen molar-refractivity contribution in [3.63, 3.8) is 0 Å². The molecular weight excluding hydrogens is 214 g/mol. The number of unbranched alkanes of at least 4 members (excludes halogenated alkanes) is 1. The minimum atomic E-state index is 0.0655. The molecule has 0 amide bonds. The van der Waals surface area contributed by atoms with Gasteiger partial charge >= 0.3 is 0 Å². The van der Waals surface area contributed by atoms with Gasteiger partial charge in [0.25, 0.3) is 0 Å². The van der Waals surface area contributed by atoms with Crippen LogP contribution in [0.3, 0.4) is 0 Å². The zero-order valence-corrected chi connectivity index (χ0v) is 10.6. The van der Waals surface area contributed by atoms with Crippen LogP contribution in [0.15, 0.2) is 18.2 Å². The molecule has 3 nitrogen and oxygen atoms in total. The van der Waals surface area contributed by atoms with Gasteiger partial charge < -0.3 is 15.2 Å². The molecule has 3 heteroatoms. The van der Waals surface area contributed by atoms with Crippen molar-refractivity contribution in [2.45, 2.75) is 44.8 Å². The lowest BCUT2D eigenvalue weighted by Crippen LogP contribution is -2.29. The van der Waals surface area contributed by atoms with E-state index < -0.39 is 0 Å². The molecule has 94 valence electrons. The third kappa shape index (κ3) is 2.72. The minimum Gasteiger partial charge on any atom is -0.497 e. The standard InChI is InChI=1S/C14H21NO2/c1-3-4-5-11-9-13(15)12-8-10(16-2)6-7-14(12)17-11/h6-8,11,13H,3-5,9,15H2,1-2H3/t11?,13-/m1/s1. The van der Waals surface area contributed by atoms with E-state index in [-0.39, 0.29) is 12.1 Å². The Kier molecular flexibility index (Phi) is 3.89. The maximum atomic E-state index is 6.20. The van der Waals surface area contributed by atoms with Crippen molar-refractivity contribution in [1.82, 2.24) is 0 Å². The van der Waals surface area contributed by atoms with Gasteiger partial charge in [-0.25, -0.2) is 0 Å². The number of rotatable bonds is 4. The van der Waals surface area contributed by atoms with Gasteiger partial charge in [-0.3, -0.25) is 0 Å². The summed E-state index contributed by atoms with van der Waals surface area (Å²) in [4.78, 5) is 0. The van der Waals surface area contributed by atoms with Crippen LogP contribution in [0, 0.1) is 0 Å². The second kappa shape index (κ2) is 5.41. The SMILES string of the molecule is CCCCC1C[C@@H](N)c2cc(OC)ccc2O1.